The van der Waals surface area contributed by atoms with E-state index >= 15 is 0 Å². The number of imidazole rings is 1. The molecule has 0 spiro atoms. The number of carbonyl (C=O) groups excluding carboxylic acids is 3. The Kier molecular flexibility index (Phi) is 10.1. The van der Waals surface area contributed by atoms with E-state index in [2.05, 4.69) is 20.2 Å². The van der Waals surface area contributed by atoms with E-state index in [1.807, 2.05) is 53.1 Å². The number of nitrogens with one attached hydrogen (secondary N) is 3. The smallest absolute Gasteiger partial charge is 0.410 e. The molecule has 3 aromatic rings. The highest BCUT2D eigenvalue weighted by molar-refractivity contribution is 5.91. The van der Waals surface area contributed by atoms with E-state index in [0.29, 0.717) is 63.2 Å². The summed E-state index contributed by atoms with van der Waals surface area (Å²) in [5.41, 5.74) is 4.73. The second-order valence-corrected chi connectivity index (χ2v) is 14.3. The summed E-state index contributed by atoms with van der Waals surface area (Å²) < 4.78 is 11.6. The van der Waals surface area contributed by atoms with E-state index in [1.54, 1.807) is 12.0 Å². The Morgan fingerprint density at radius 3 is 2.30 bits per heavy atom. The number of H-pyrrole nitrogens is 2. The van der Waals surface area contributed by atoms with Crippen molar-refractivity contribution in [3.8, 4) is 0 Å². The van der Waals surface area contributed by atoms with E-state index in [9.17, 15) is 19.2 Å². The molecule has 7 rings (SSSR count). The number of hydrogen-bond acceptors (Lipinski definition) is 7. The van der Waals surface area contributed by atoms with Gasteiger partial charge in [0.1, 0.15) is 0 Å². The number of amides is 4. The van der Waals surface area contributed by atoms with Gasteiger partial charge in [-0.1, -0.05) is 24.3 Å². The Balaban J connectivity index is 1.00. The molecule has 2 aromatic carbocycles. The maximum absolute atomic E-state index is 14.1. The highest BCUT2D eigenvalue weighted by Gasteiger charge is 2.36. The Labute approximate surface area is 292 Å². The molecule has 4 aliphatic heterocycles. The summed E-state index contributed by atoms with van der Waals surface area (Å²) in [7, 11) is 1.78. The van der Waals surface area contributed by atoms with Crippen molar-refractivity contribution in [1.82, 2.24) is 29.6 Å². The number of ether oxygens (including phenoxy) is 2. The van der Waals surface area contributed by atoms with Gasteiger partial charge in [-0.25, -0.2) is 14.4 Å². The molecule has 268 valence electrons. The van der Waals surface area contributed by atoms with Crippen LogP contribution in [0.3, 0.4) is 0 Å². The van der Waals surface area contributed by atoms with Crippen molar-refractivity contribution in [1.29, 1.82) is 0 Å². The first-order valence-corrected chi connectivity index (χ1v) is 18.1. The minimum absolute atomic E-state index is 0.00517. The van der Waals surface area contributed by atoms with Gasteiger partial charge in [0.25, 0.3) is 5.91 Å². The van der Waals surface area contributed by atoms with Crippen molar-refractivity contribution < 1.29 is 23.9 Å². The number of hydrogen-bond donors (Lipinski definition) is 3. The van der Waals surface area contributed by atoms with Crippen LogP contribution in [0.5, 0.6) is 0 Å². The van der Waals surface area contributed by atoms with Gasteiger partial charge in [-0.05, 0) is 80.7 Å². The monoisotopic (exact) mass is 687 g/mol. The van der Waals surface area contributed by atoms with Crippen molar-refractivity contribution >= 4 is 34.8 Å². The van der Waals surface area contributed by atoms with Crippen molar-refractivity contribution in [3.05, 3.63) is 63.6 Å². The number of aryl methyl sites for hydroxylation is 1. The number of fused-ring (bicyclic) bond motifs is 2. The number of para-hydroxylation sites is 1. The topological polar surface area (TPSA) is 143 Å². The molecule has 1 atom stereocenters. The lowest BCUT2D eigenvalue weighted by Crippen LogP contribution is -2.53. The molecule has 4 aliphatic rings. The van der Waals surface area contributed by atoms with Gasteiger partial charge in [-0.3, -0.25) is 4.79 Å². The lowest BCUT2D eigenvalue weighted by molar-refractivity contribution is -0.142. The summed E-state index contributed by atoms with van der Waals surface area (Å²) in [5, 5.41) is 3.05. The van der Waals surface area contributed by atoms with Gasteiger partial charge >= 0.3 is 17.8 Å². The second kappa shape index (κ2) is 14.9. The van der Waals surface area contributed by atoms with Crippen LogP contribution in [-0.4, -0.2) is 125 Å². The maximum atomic E-state index is 14.1. The molecule has 13 heteroatoms. The zero-order chi connectivity index (χ0) is 34.8. The van der Waals surface area contributed by atoms with Gasteiger partial charge in [0.15, 0.2) is 6.10 Å². The van der Waals surface area contributed by atoms with Crippen LogP contribution in [0.25, 0.3) is 11.0 Å². The molecule has 0 saturated carbocycles. The average Bonchev–Trinajstić information content (AvgIpc) is 3.43. The Bertz CT molecular complexity index is 1750. The molecule has 4 amide bonds. The van der Waals surface area contributed by atoms with Crippen LogP contribution in [0.4, 0.5) is 15.3 Å². The van der Waals surface area contributed by atoms with E-state index in [4.69, 9.17) is 9.47 Å². The van der Waals surface area contributed by atoms with E-state index in [1.165, 1.54) is 0 Å². The van der Waals surface area contributed by atoms with Gasteiger partial charge in [-0.2, -0.15) is 0 Å². The number of aromatic amines is 2. The van der Waals surface area contributed by atoms with Crippen LogP contribution in [0.15, 0.2) is 41.2 Å². The van der Waals surface area contributed by atoms with Crippen molar-refractivity contribution in [3.63, 3.8) is 0 Å². The molecule has 0 aliphatic carbocycles. The summed E-state index contributed by atoms with van der Waals surface area (Å²) in [6.07, 6.45) is 4.84. The molecular formula is C37H49N7O6. The number of urea groups is 1. The van der Waals surface area contributed by atoms with Crippen molar-refractivity contribution in [2.45, 2.75) is 82.6 Å². The third kappa shape index (κ3) is 7.39. The second-order valence-electron chi connectivity index (χ2n) is 14.3. The van der Waals surface area contributed by atoms with Crippen molar-refractivity contribution in [2.24, 2.45) is 0 Å². The van der Waals surface area contributed by atoms with Gasteiger partial charge in [0, 0.05) is 77.1 Å². The summed E-state index contributed by atoms with van der Waals surface area (Å²) in [4.78, 5) is 66.5. The third-order valence-corrected chi connectivity index (χ3v) is 11.2. The first-order valence-electron chi connectivity index (χ1n) is 18.1. The summed E-state index contributed by atoms with van der Waals surface area (Å²) in [6.45, 7) is 6.62. The molecule has 0 radical (unpaired) electrons. The summed E-state index contributed by atoms with van der Waals surface area (Å²) >= 11 is 0. The predicted molar refractivity (Wildman–Crippen MR) is 189 cm³/mol. The van der Waals surface area contributed by atoms with Gasteiger partial charge in [0.05, 0.1) is 17.1 Å². The molecule has 50 heavy (non-hydrogen) atoms. The minimum atomic E-state index is -1.01. The summed E-state index contributed by atoms with van der Waals surface area (Å²) in [6, 6.07) is 12.0. The average molecular weight is 688 g/mol. The van der Waals surface area contributed by atoms with Gasteiger partial charge in [-0.15, -0.1) is 0 Å². The molecule has 3 N–H and O–H groups in total. The SMILES string of the molecule is COC1CCN(C2CCN(C(=O)[C@@H](Cc3cc(C)c4[nH]c(=O)[nH]c4c3)OC(=O)N3CCC(N4CCc5ccccc5NC4=O)CC3)CC2)CC1. The van der Waals surface area contributed by atoms with Crippen LogP contribution in [-0.2, 0) is 27.1 Å². The number of carbonyl (C=O) groups is 3. The normalized spacial score (nSPS) is 20.8. The number of likely N-dealkylation sites (tertiary alicyclic amines) is 3. The quantitative estimate of drug-likeness (QED) is 0.342. The zero-order valence-corrected chi connectivity index (χ0v) is 29.1. The lowest BCUT2D eigenvalue weighted by Gasteiger charge is -2.42. The number of rotatable bonds is 7. The molecular weight excluding hydrogens is 638 g/mol. The van der Waals surface area contributed by atoms with Gasteiger partial charge < -0.3 is 44.4 Å². The number of methoxy groups -OCH3 is 1. The molecule has 0 unspecified atom stereocenters. The summed E-state index contributed by atoms with van der Waals surface area (Å²) in [5.74, 6) is -0.189. The largest absolute Gasteiger partial charge is 0.436 e. The van der Waals surface area contributed by atoms with Crippen LogP contribution < -0.4 is 11.0 Å². The molecule has 5 heterocycles. The molecule has 1 aromatic heterocycles. The van der Waals surface area contributed by atoms with Crippen molar-refractivity contribution in [2.75, 3.05) is 58.2 Å². The first-order chi connectivity index (χ1) is 24.2. The van der Waals surface area contributed by atoms with E-state index in [0.717, 1.165) is 73.1 Å². The zero-order valence-electron chi connectivity index (χ0n) is 29.1. The number of anilines is 1. The number of nitrogens with zero attached hydrogens (tertiary/aromatic N) is 4. The first kappa shape index (κ1) is 34.1. The van der Waals surface area contributed by atoms with E-state index in [-0.39, 0.29) is 30.1 Å². The van der Waals surface area contributed by atoms with Crippen LogP contribution in [0.1, 0.15) is 55.2 Å². The Morgan fingerprint density at radius 2 is 1.56 bits per heavy atom. The lowest BCUT2D eigenvalue weighted by atomic mass is 9.97. The molecule has 3 fully saturated rings. The van der Waals surface area contributed by atoms with Crippen LogP contribution in [0, 0.1) is 6.92 Å². The number of benzene rings is 2. The molecule has 0 bridgehead atoms. The fourth-order valence-corrected chi connectivity index (χ4v) is 8.33. The highest BCUT2D eigenvalue weighted by Crippen LogP contribution is 2.27. The Hall–Kier alpha value is -4.36. The minimum Gasteiger partial charge on any atom is -0.436 e. The molecule has 3 saturated heterocycles. The van der Waals surface area contributed by atoms with Gasteiger partial charge in [0.2, 0.25) is 0 Å². The molecule has 13 nitrogen and oxygen atoms in total. The van der Waals surface area contributed by atoms with Crippen LogP contribution >= 0.6 is 0 Å². The number of piperidine rings is 3. The van der Waals surface area contributed by atoms with E-state index < -0.39 is 12.2 Å². The maximum Gasteiger partial charge on any atom is 0.410 e. The third-order valence-electron chi connectivity index (χ3n) is 11.2. The highest BCUT2D eigenvalue weighted by atomic mass is 16.6. The number of aromatic nitrogens is 2. The standard InChI is InChI=1S/C37H49N7O6/c1-24-21-25(22-31-33(24)40-35(46)38-31)23-32(34(45)42-14-8-27(9-15-42)41-18-12-29(49-2)13-19-41)50-37(48)43-16-10-28(11-17-43)44-20-7-26-5-3-4-6-30(26)39-36(44)47/h3-6,21-22,27-29,32H,7-20,23H2,1-2H3,(H,39,47)(H2,38,40,46)/t32-/m1/s1. The fourth-order valence-electron chi connectivity index (χ4n) is 8.33. The predicted octanol–water partition coefficient (Wildman–Crippen LogP) is 3.87. The fraction of sp³-hybridized carbons (Fsp3) is 0.568. The van der Waals surface area contributed by atoms with Crippen LogP contribution in [0.2, 0.25) is 0 Å². The Morgan fingerprint density at radius 1 is 0.860 bits per heavy atom.